The third-order valence-corrected chi connectivity index (χ3v) is 2.90. The molecule has 0 radical (unpaired) electrons. The first-order chi connectivity index (χ1) is 7.85. The summed E-state index contributed by atoms with van der Waals surface area (Å²) in [6.07, 6.45) is 2.15. The molecular formula is C12H24N2O3. The number of nitrogens with one attached hydrogen (secondary N) is 1. The van der Waals surface area contributed by atoms with Crippen LogP contribution in [0.15, 0.2) is 0 Å². The first-order valence-electron chi connectivity index (χ1n) is 6.10. The molecule has 2 unspecified atom stereocenters. The molecule has 0 heterocycles. The third kappa shape index (κ3) is 5.68. The second-order valence-corrected chi connectivity index (χ2v) is 4.81. The quantitative estimate of drug-likeness (QED) is 0.596. The van der Waals surface area contributed by atoms with Gasteiger partial charge in [0.05, 0.1) is 0 Å². The zero-order valence-electron chi connectivity index (χ0n) is 11.0. The Morgan fingerprint density at radius 2 is 2.06 bits per heavy atom. The molecule has 5 heteroatoms. The Bertz CT molecular complexity index is 268. The van der Waals surface area contributed by atoms with E-state index in [1.54, 1.807) is 6.92 Å². The topological polar surface area (TPSA) is 92.4 Å². The highest BCUT2D eigenvalue weighted by atomic mass is 16.4. The SMILES string of the molecule is CCCC(C)(NC(=O)CCC(C)CN)C(=O)O. The van der Waals surface area contributed by atoms with Crippen LogP contribution >= 0.6 is 0 Å². The molecule has 0 aliphatic carbocycles. The van der Waals surface area contributed by atoms with Gasteiger partial charge in [0.1, 0.15) is 5.54 Å². The molecule has 17 heavy (non-hydrogen) atoms. The predicted octanol–water partition coefficient (Wildman–Crippen LogP) is 1.12. The number of nitrogens with two attached hydrogens (primary N) is 1. The minimum absolute atomic E-state index is 0.219. The molecule has 4 N–H and O–H groups in total. The fourth-order valence-electron chi connectivity index (χ4n) is 1.59. The Kier molecular flexibility index (Phi) is 6.80. The Hall–Kier alpha value is -1.10. The minimum atomic E-state index is -1.15. The average Bonchev–Trinajstić information content (AvgIpc) is 2.25. The van der Waals surface area contributed by atoms with Gasteiger partial charge in [0, 0.05) is 6.42 Å². The molecule has 0 aliphatic heterocycles. The number of carboxylic acid groups (broad SMARTS) is 1. The fourth-order valence-corrected chi connectivity index (χ4v) is 1.59. The summed E-state index contributed by atoms with van der Waals surface area (Å²) >= 11 is 0. The van der Waals surface area contributed by atoms with E-state index >= 15 is 0 Å². The number of carbonyl (C=O) groups is 2. The molecule has 0 bridgehead atoms. The first-order valence-corrected chi connectivity index (χ1v) is 6.10. The molecule has 2 atom stereocenters. The second kappa shape index (κ2) is 7.27. The molecule has 0 aromatic rings. The zero-order chi connectivity index (χ0) is 13.5. The molecule has 0 fully saturated rings. The lowest BCUT2D eigenvalue weighted by Crippen LogP contribution is -2.52. The lowest BCUT2D eigenvalue weighted by molar-refractivity contribution is -0.147. The Labute approximate surface area is 103 Å². The molecule has 0 aromatic heterocycles. The van der Waals surface area contributed by atoms with Crippen molar-refractivity contribution in [3.8, 4) is 0 Å². The van der Waals surface area contributed by atoms with Crippen LogP contribution in [0.2, 0.25) is 0 Å². The summed E-state index contributed by atoms with van der Waals surface area (Å²) in [6.45, 7) is 5.95. The standard InChI is InChI=1S/C12H24N2O3/c1-4-7-12(3,11(16)17)14-10(15)6-5-9(2)8-13/h9H,4-8,13H2,1-3H3,(H,14,15)(H,16,17). The predicted molar refractivity (Wildman–Crippen MR) is 66.5 cm³/mol. The van der Waals surface area contributed by atoms with Crippen LogP contribution in [0.3, 0.4) is 0 Å². The van der Waals surface area contributed by atoms with Gasteiger partial charge in [-0.1, -0.05) is 20.3 Å². The highest BCUT2D eigenvalue weighted by Crippen LogP contribution is 2.13. The third-order valence-electron chi connectivity index (χ3n) is 2.90. The van der Waals surface area contributed by atoms with Gasteiger partial charge < -0.3 is 16.2 Å². The molecule has 0 rings (SSSR count). The van der Waals surface area contributed by atoms with Crippen molar-refractivity contribution in [3.05, 3.63) is 0 Å². The van der Waals surface area contributed by atoms with E-state index in [-0.39, 0.29) is 11.8 Å². The van der Waals surface area contributed by atoms with E-state index in [1.165, 1.54) is 0 Å². The molecular weight excluding hydrogens is 220 g/mol. The molecule has 1 amide bonds. The number of carbonyl (C=O) groups excluding carboxylic acids is 1. The van der Waals surface area contributed by atoms with Crippen LogP contribution in [-0.2, 0) is 9.59 Å². The van der Waals surface area contributed by atoms with Gasteiger partial charge >= 0.3 is 5.97 Å². The number of hydrogen-bond donors (Lipinski definition) is 3. The van der Waals surface area contributed by atoms with Crippen molar-refractivity contribution >= 4 is 11.9 Å². The molecule has 0 aliphatic rings. The van der Waals surface area contributed by atoms with E-state index in [4.69, 9.17) is 10.8 Å². The van der Waals surface area contributed by atoms with Crippen molar-refractivity contribution in [1.29, 1.82) is 0 Å². The van der Waals surface area contributed by atoms with E-state index in [1.807, 2.05) is 13.8 Å². The minimum Gasteiger partial charge on any atom is -0.480 e. The highest BCUT2D eigenvalue weighted by Gasteiger charge is 2.33. The first kappa shape index (κ1) is 15.9. The fraction of sp³-hybridized carbons (Fsp3) is 0.833. The van der Waals surface area contributed by atoms with Crippen LogP contribution in [0.25, 0.3) is 0 Å². The van der Waals surface area contributed by atoms with Crippen molar-refractivity contribution in [2.75, 3.05) is 6.54 Å². The lowest BCUT2D eigenvalue weighted by atomic mass is 9.95. The molecule has 100 valence electrons. The summed E-state index contributed by atoms with van der Waals surface area (Å²) < 4.78 is 0. The van der Waals surface area contributed by atoms with E-state index in [2.05, 4.69) is 5.32 Å². The zero-order valence-corrected chi connectivity index (χ0v) is 11.0. The van der Waals surface area contributed by atoms with Crippen molar-refractivity contribution in [1.82, 2.24) is 5.32 Å². The number of amides is 1. The summed E-state index contributed by atoms with van der Waals surface area (Å²) in [5, 5.41) is 11.7. The number of aliphatic carboxylic acids is 1. The molecule has 0 saturated heterocycles. The van der Waals surface area contributed by atoms with Crippen LogP contribution in [0.5, 0.6) is 0 Å². The van der Waals surface area contributed by atoms with E-state index in [0.717, 1.165) is 0 Å². The summed E-state index contributed by atoms with van der Waals surface area (Å²) in [5.74, 6) is -0.925. The van der Waals surface area contributed by atoms with E-state index in [9.17, 15) is 9.59 Å². The highest BCUT2D eigenvalue weighted by molar-refractivity contribution is 5.86. The number of rotatable bonds is 8. The molecule has 0 spiro atoms. The van der Waals surface area contributed by atoms with Crippen LogP contribution in [-0.4, -0.2) is 29.1 Å². The molecule has 0 aromatic carbocycles. The maximum absolute atomic E-state index is 11.6. The van der Waals surface area contributed by atoms with E-state index < -0.39 is 11.5 Å². The Morgan fingerprint density at radius 3 is 2.47 bits per heavy atom. The van der Waals surface area contributed by atoms with Crippen molar-refractivity contribution < 1.29 is 14.7 Å². The maximum atomic E-state index is 11.6. The van der Waals surface area contributed by atoms with Gasteiger partial charge in [-0.05, 0) is 32.2 Å². The van der Waals surface area contributed by atoms with Gasteiger partial charge in [0.15, 0.2) is 0 Å². The molecule has 5 nitrogen and oxygen atoms in total. The molecule has 0 saturated carbocycles. The van der Waals surface area contributed by atoms with Crippen LogP contribution in [0, 0.1) is 5.92 Å². The Balaban J connectivity index is 4.27. The lowest BCUT2D eigenvalue weighted by Gasteiger charge is -2.26. The largest absolute Gasteiger partial charge is 0.480 e. The summed E-state index contributed by atoms with van der Waals surface area (Å²) in [6, 6.07) is 0. The van der Waals surface area contributed by atoms with Crippen molar-refractivity contribution in [2.24, 2.45) is 11.7 Å². The number of carboxylic acids is 1. The summed E-state index contributed by atoms with van der Waals surface area (Å²) in [7, 11) is 0. The van der Waals surface area contributed by atoms with Gasteiger partial charge in [0.25, 0.3) is 0 Å². The Morgan fingerprint density at radius 1 is 1.47 bits per heavy atom. The van der Waals surface area contributed by atoms with Gasteiger partial charge in [-0.3, -0.25) is 4.79 Å². The summed E-state index contributed by atoms with van der Waals surface area (Å²) in [4.78, 5) is 22.7. The van der Waals surface area contributed by atoms with Crippen molar-refractivity contribution in [3.63, 3.8) is 0 Å². The normalized spacial score (nSPS) is 16.0. The average molecular weight is 244 g/mol. The second-order valence-electron chi connectivity index (χ2n) is 4.81. The van der Waals surface area contributed by atoms with Crippen molar-refractivity contribution in [2.45, 2.75) is 52.0 Å². The van der Waals surface area contributed by atoms with Crippen LogP contribution < -0.4 is 11.1 Å². The maximum Gasteiger partial charge on any atom is 0.329 e. The van der Waals surface area contributed by atoms with Gasteiger partial charge in [0.2, 0.25) is 5.91 Å². The van der Waals surface area contributed by atoms with Gasteiger partial charge in [-0.15, -0.1) is 0 Å². The summed E-state index contributed by atoms with van der Waals surface area (Å²) in [5.41, 5.74) is 4.30. The smallest absolute Gasteiger partial charge is 0.329 e. The van der Waals surface area contributed by atoms with Gasteiger partial charge in [-0.25, -0.2) is 4.79 Å². The van der Waals surface area contributed by atoms with Gasteiger partial charge in [-0.2, -0.15) is 0 Å². The number of hydrogen-bond acceptors (Lipinski definition) is 3. The monoisotopic (exact) mass is 244 g/mol. The van der Waals surface area contributed by atoms with Crippen LogP contribution in [0.4, 0.5) is 0 Å². The van der Waals surface area contributed by atoms with Crippen LogP contribution in [0.1, 0.15) is 46.5 Å². The van der Waals surface area contributed by atoms with E-state index in [0.29, 0.717) is 32.2 Å².